The van der Waals surface area contributed by atoms with Gasteiger partial charge >= 0.3 is 0 Å². The standard InChI is InChI=1S/C18H21N6O/c1-14-5-7-15(8-6-14)21-22-17-10-9-16(13-18(17)25-3)24(2)12-4-11-20-23-19/h5-10,13H,1,4,11-12H2,2-3H3. The van der Waals surface area contributed by atoms with E-state index in [2.05, 4.69) is 32.1 Å². The normalized spacial score (nSPS) is 10.5. The number of anilines is 1. The van der Waals surface area contributed by atoms with Gasteiger partial charge in [-0.05, 0) is 48.7 Å². The lowest BCUT2D eigenvalue weighted by molar-refractivity contribution is 0.416. The molecule has 0 amide bonds. The molecule has 7 heteroatoms. The van der Waals surface area contributed by atoms with Crippen molar-refractivity contribution in [2.24, 2.45) is 15.3 Å². The van der Waals surface area contributed by atoms with Crippen molar-refractivity contribution < 1.29 is 4.74 Å². The molecule has 0 aliphatic rings. The second-order valence-corrected chi connectivity index (χ2v) is 5.45. The highest BCUT2D eigenvalue weighted by atomic mass is 16.5. The molecule has 7 nitrogen and oxygen atoms in total. The zero-order valence-electron chi connectivity index (χ0n) is 14.5. The molecule has 0 aromatic heterocycles. The summed E-state index contributed by atoms with van der Waals surface area (Å²) in [5.41, 5.74) is 11.7. The second-order valence-electron chi connectivity index (χ2n) is 5.45. The first kappa shape index (κ1) is 18.3. The summed E-state index contributed by atoms with van der Waals surface area (Å²) in [4.78, 5) is 4.83. The van der Waals surface area contributed by atoms with Gasteiger partial charge < -0.3 is 9.64 Å². The number of hydrogen-bond donors (Lipinski definition) is 0. The maximum atomic E-state index is 8.30. The Hall–Kier alpha value is -3.05. The summed E-state index contributed by atoms with van der Waals surface area (Å²) in [7, 11) is 3.59. The first-order chi connectivity index (χ1) is 12.1. The number of azo groups is 1. The average Bonchev–Trinajstić information content (AvgIpc) is 2.64. The fourth-order valence-corrected chi connectivity index (χ4v) is 2.21. The van der Waals surface area contributed by atoms with Gasteiger partial charge in [0, 0.05) is 36.8 Å². The largest absolute Gasteiger partial charge is 0.494 e. The van der Waals surface area contributed by atoms with Gasteiger partial charge in [-0.15, -0.1) is 5.11 Å². The average molecular weight is 337 g/mol. The van der Waals surface area contributed by atoms with Crippen molar-refractivity contribution in [3.8, 4) is 5.75 Å². The molecule has 0 unspecified atom stereocenters. The molecule has 0 atom stereocenters. The topological polar surface area (TPSA) is 86.0 Å². The van der Waals surface area contributed by atoms with Crippen LogP contribution in [0.4, 0.5) is 17.1 Å². The van der Waals surface area contributed by atoms with Gasteiger partial charge in [0.25, 0.3) is 0 Å². The van der Waals surface area contributed by atoms with Crippen LogP contribution < -0.4 is 9.64 Å². The summed E-state index contributed by atoms with van der Waals surface area (Å²) < 4.78 is 5.43. The quantitative estimate of drug-likeness (QED) is 0.278. The lowest BCUT2D eigenvalue weighted by atomic mass is 10.2. The summed E-state index contributed by atoms with van der Waals surface area (Å²) >= 11 is 0. The van der Waals surface area contributed by atoms with Crippen LogP contribution in [0.2, 0.25) is 0 Å². The molecular formula is C18H21N6O. The molecule has 0 saturated heterocycles. The smallest absolute Gasteiger partial charge is 0.148 e. The Labute approximate surface area is 147 Å². The Morgan fingerprint density at radius 3 is 2.60 bits per heavy atom. The van der Waals surface area contributed by atoms with Gasteiger partial charge in [0.1, 0.15) is 11.4 Å². The molecule has 0 saturated carbocycles. The minimum Gasteiger partial charge on any atom is -0.494 e. The maximum Gasteiger partial charge on any atom is 0.148 e. The van der Waals surface area contributed by atoms with Crippen molar-refractivity contribution in [2.75, 3.05) is 32.1 Å². The molecule has 129 valence electrons. The molecule has 0 N–H and O–H groups in total. The van der Waals surface area contributed by atoms with Gasteiger partial charge in [-0.25, -0.2) is 0 Å². The number of benzene rings is 2. The molecule has 2 aromatic rings. The van der Waals surface area contributed by atoms with Crippen LogP contribution in [0, 0.1) is 6.92 Å². The third kappa shape index (κ3) is 5.51. The maximum absolute atomic E-state index is 8.30. The van der Waals surface area contributed by atoms with E-state index in [4.69, 9.17) is 10.3 Å². The Morgan fingerprint density at radius 1 is 1.16 bits per heavy atom. The van der Waals surface area contributed by atoms with E-state index in [1.54, 1.807) is 7.11 Å². The zero-order valence-corrected chi connectivity index (χ0v) is 14.5. The first-order valence-corrected chi connectivity index (χ1v) is 7.88. The van der Waals surface area contributed by atoms with E-state index in [0.29, 0.717) is 18.0 Å². The zero-order chi connectivity index (χ0) is 18.1. The lowest BCUT2D eigenvalue weighted by Crippen LogP contribution is -2.19. The number of hydrogen-bond acceptors (Lipinski definition) is 5. The van der Waals surface area contributed by atoms with Crippen LogP contribution in [0.3, 0.4) is 0 Å². The summed E-state index contributed by atoms with van der Waals surface area (Å²) in [6.07, 6.45) is 0.784. The molecule has 1 radical (unpaired) electrons. The van der Waals surface area contributed by atoms with Crippen LogP contribution in [-0.4, -0.2) is 27.2 Å². The van der Waals surface area contributed by atoms with Crippen molar-refractivity contribution in [2.45, 2.75) is 6.42 Å². The highest BCUT2D eigenvalue weighted by molar-refractivity contribution is 5.61. The van der Waals surface area contributed by atoms with Crippen LogP contribution in [0.15, 0.2) is 57.8 Å². The number of ether oxygens (including phenoxy) is 1. The minimum atomic E-state index is 0.482. The molecule has 2 rings (SSSR count). The van der Waals surface area contributed by atoms with Crippen LogP contribution >= 0.6 is 0 Å². The van der Waals surface area contributed by atoms with Gasteiger partial charge in [-0.3, -0.25) is 0 Å². The Kier molecular flexibility index (Phi) is 6.80. The van der Waals surface area contributed by atoms with E-state index in [-0.39, 0.29) is 0 Å². The Balaban J connectivity index is 2.10. The van der Waals surface area contributed by atoms with E-state index >= 15 is 0 Å². The molecule has 0 aliphatic heterocycles. The fraction of sp³-hybridized carbons (Fsp3) is 0.278. The van der Waals surface area contributed by atoms with Gasteiger partial charge in [0.15, 0.2) is 0 Å². The van der Waals surface area contributed by atoms with Crippen molar-refractivity contribution in [3.63, 3.8) is 0 Å². The van der Waals surface area contributed by atoms with Crippen molar-refractivity contribution in [1.82, 2.24) is 0 Å². The predicted molar refractivity (Wildman–Crippen MR) is 100.0 cm³/mol. The Morgan fingerprint density at radius 2 is 1.92 bits per heavy atom. The molecule has 0 aliphatic carbocycles. The highest BCUT2D eigenvalue weighted by Gasteiger charge is 2.07. The van der Waals surface area contributed by atoms with Gasteiger partial charge in [0.2, 0.25) is 0 Å². The monoisotopic (exact) mass is 337 g/mol. The molecule has 0 bridgehead atoms. The third-order valence-corrected chi connectivity index (χ3v) is 3.63. The van der Waals surface area contributed by atoms with Crippen LogP contribution in [0.1, 0.15) is 12.0 Å². The first-order valence-electron chi connectivity index (χ1n) is 7.88. The number of azide groups is 1. The van der Waals surface area contributed by atoms with Gasteiger partial charge in [0.05, 0.1) is 12.8 Å². The molecule has 25 heavy (non-hydrogen) atoms. The summed E-state index contributed by atoms with van der Waals surface area (Å²) in [5, 5.41) is 12.0. The molecule has 2 aromatic carbocycles. The van der Waals surface area contributed by atoms with E-state index < -0.39 is 0 Å². The minimum absolute atomic E-state index is 0.482. The number of rotatable bonds is 8. The van der Waals surface area contributed by atoms with Crippen molar-refractivity contribution >= 4 is 17.1 Å². The number of methoxy groups -OCH3 is 1. The lowest BCUT2D eigenvalue weighted by Gasteiger charge is -2.19. The molecular weight excluding hydrogens is 316 g/mol. The summed E-state index contributed by atoms with van der Waals surface area (Å²) in [6.45, 7) is 5.11. The molecule has 0 spiro atoms. The van der Waals surface area contributed by atoms with E-state index in [0.717, 1.165) is 29.9 Å². The third-order valence-electron chi connectivity index (χ3n) is 3.63. The predicted octanol–water partition coefficient (Wildman–Crippen LogP) is 5.43. The molecule has 0 heterocycles. The van der Waals surface area contributed by atoms with Gasteiger partial charge in [-0.2, -0.15) is 5.11 Å². The van der Waals surface area contributed by atoms with Crippen LogP contribution in [0.5, 0.6) is 5.75 Å². The summed E-state index contributed by atoms with van der Waals surface area (Å²) in [5.74, 6) is 0.650. The molecule has 0 fully saturated rings. The van der Waals surface area contributed by atoms with E-state index in [1.807, 2.05) is 49.5 Å². The SMILES string of the molecule is [CH2]c1ccc(N=Nc2ccc(N(C)CCCN=[N+]=[N-])cc2OC)cc1. The van der Waals surface area contributed by atoms with Crippen molar-refractivity contribution in [1.29, 1.82) is 0 Å². The van der Waals surface area contributed by atoms with Crippen LogP contribution in [-0.2, 0) is 0 Å². The van der Waals surface area contributed by atoms with Crippen molar-refractivity contribution in [3.05, 3.63) is 65.4 Å². The number of nitrogens with zero attached hydrogens (tertiary/aromatic N) is 6. The summed E-state index contributed by atoms with van der Waals surface area (Å²) in [6, 6.07) is 13.3. The van der Waals surface area contributed by atoms with Gasteiger partial charge in [-0.1, -0.05) is 17.2 Å². The van der Waals surface area contributed by atoms with E-state index in [9.17, 15) is 0 Å². The fourth-order valence-electron chi connectivity index (χ4n) is 2.21. The Bertz CT molecular complexity index is 766. The second kappa shape index (κ2) is 9.30. The van der Waals surface area contributed by atoms with Crippen LogP contribution in [0.25, 0.3) is 10.4 Å². The van der Waals surface area contributed by atoms with E-state index in [1.165, 1.54) is 0 Å². The highest BCUT2D eigenvalue weighted by Crippen LogP contribution is 2.33.